The summed E-state index contributed by atoms with van der Waals surface area (Å²) < 4.78 is 59.6. The first-order valence-electron chi connectivity index (χ1n) is 5.56. The van der Waals surface area contributed by atoms with E-state index in [1.54, 1.807) is 0 Å². The second-order valence-corrected chi connectivity index (χ2v) is 7.70. The van der Waals surface area contributed by atoms with Crippen LogP contribution in [0.3, 0.4) is 0 Å². The van der Waals surface area contributed by atoms with Gasteiger partial charge >= 0.3 is 12.8 Å². The molecule has 0 aliphatic rings. The Morgan fingerprint density at radius 2 is 1.89 bits per heavy atom. The molecule has 0 aliphatic carbocycles. The molecule has 0 saturated heterocycles. The highest BCUT2D eigenvalue weighted by Crippen LogP contribution is 2.56. The predicted molar refractivity (Wildman–Crippen MR) is 67.2 cm³/mol. The fourth-order valence-corrected chi connectivity index (χ4v) is 5.05. The molecule has 0 spiro atoms. The van der Waals surface area contributed by atoms with Crippen LogP contribution in [0.4, 0.5) is 4.39 Å². The van der Waals surface area contributed by atoms with E-state index in [-0.39, 0.29) is 13.2 Å². The summed E-state index contributed by atoms with van der Waals surface area (Å²) in [6, 6.07) is 3.99. The second-order valence-electron chi connectivity index (χ2n) is 3.38. The van der Waals surface area contributed by atoms with Crippen molar-refractivity contribution in [3.8, 4) is 0 Å². The van der Waals surface area contributed by atoms with Gasteiger partial charge in [0, 0.05) is 6.20 Å². The van der Waals surface area contributed by atoms with Gasteiger partial charge in [0.05, 0.1) is 13.2 Å². The summed E-state index contributed by atoms with van der Waals surface area (Å²) in [6.45, 7) is 2.67. The Hall–Kier alpha value is -0.820. The van der Waals surface area contributed by atoms with Gasteiger partial charge in [-0.15, -0.1) is 0 Å². The molecule has 9 heteroatoms. The van der Waals surface area contributed by atoms with E-state index in [0.717, 1.165) is 6.07 Å². The number of hydrogen-bond acceptors (Lipinski definition) is 6. The van der Waals surface area contributed by atoms with Crippen LogP contribution in [-0.4, -0.2) is 31.9 Å². The zero-order valence-electron chi connectivity index (χ0n) is 10.5. The summed E-state index contributed by atoms with van der Waals surface area (Å²) in [5.74, 6) is 0. The third-order valence-corrected chi connectivity index (χ3v) is 6.73. The number of sulfone groups is 1. The number of nitrogens with zero attached hydrogens (tertiary/aromatic N) is 1. The third-order valence-electron chi connectivity index (χ3n) is 2.05. The predicted octanol–water partition coefficient (Wildman–Crippen LogP) is 2.37. The first-order valence-corrected chi connectivity index (χ1v) is 8.72. The smallest absolute Gasteiger partial charge is 0.306 e. The second kappa shape index (κ2) is 6.56. The molecule has 0 aromatic carbocycles. The van der Waals surface area contributed by atoms with Gasteiger partial charge in [-0.3, -0.25) is 4.57 Å². The standard InChI is InChI=1S/C10H15FNO5PS/c1-3-16-18(13,17-4-2)10(11)19(14,15)9-7-5-6-8-12-9/h5-8,10H,3-4H2,1-2H3. The monoisotopic (exact) mass is 311 g/mol. The maximum absolute atomic E-state index is 14.1. The fourth-order valence-electron chi connectivity index (χ4n) is 1.30. The molecular weight excluding hydrogens is 296 g/mol. The van der Waals surface area contributed by atoms with Gasteiger partial charge < -0.3 is 9.05 Å². The summed E-state index contributed by atoms with van der Waals surface area (Å²) in [7, 11) is -8.92. The number of hydrogen-bond donors (Lipinski definition) is 0. The zero-order valence-corrected chi connectivity index (χ0v) is 12.2. The van der Waals surface area contributed by atoms with E-state index in [1.165, 1.54) is 32.2 Å². The first kappa shape index (κ1) is 16.2. The Morgan fingerprint density at radius 3 is 2.32 bits per heavy atom. The van der Waals surface area contributed by atoms with Crippen molar-refractivity contribution in [2.75, 3.05) is 13.2 Å². The van der Waals surface area contributed by atoms with Crippen LogP contribution >= 0.6 is 7.60 Å². The van der Waals surface area contributed by atoms with E-state index < -0.39 is 27.7 Å². The van der Waals surface area contributed by atoms with Gasteiger partial charge in [0.2, 0.25) is 9.84 Å². The summed E-state index contributed by atoms with van der Waals surface area (Å²) in [6.07, 6.45) is 1.20. The lowest BCUT2D eigenvalue weighted by molar-refractivity contribution is 0.203. The van der Waals surface area contributed by atoms with Gasteiger partial charge in [0.1, 0.15) is 0 Å². The minimum atomic E-state index is -4.53. The lowest BCUT2D eigenvalue weighted by Crippen LogP contribution is -2.20. The van der Waals surface area contributed by atoms with Crippen molar-refractivity contribution in [3.05, 3.63) is 24.4 Å². The van der Waals surface area contributed by atoms with Crippen molar-refractivity contribution in [2.24, 2.45) is 0 Å². The molecule has 1 rings (SSSR count). The van der Waals surface area contributed by atoms with Crippen molar-refractivity contribution in [2.45, 2.75) is 24.1 Å². The summed E-state index contributed by atoms with van der Waals surface area (Å²) in [5.41, 5.74) is 0. The Morgan fingerprint density at radius 1 is 1.32 bits per heavy atom. The third kappa shape index (κ3) is 3.60. The van der Waals surface area contributed by atoms with Crippen LogP contribution in [0, 0.1) is 0 Å². The van der Waals surface area contributed by atoms with Crippen LogP contribution in [0.15, 0.2) is 29.4 Å². The lowest BCUT2D eigenvalue weighted by Gasteiger charge is -2.20. The number of aromatic nitrogens is 1. The normalized spacial score (nSPS) is 14.3. The molecule has 0 saturated carbocycles. The summed E-state index contributed by atoms with van der Waals surface area (Å²) >= 11 is 0. The maximum atomic E-state index is 14.1. The largest absolute Gasteiger partial charge is 0.380 e. The molecule has 0 fully saturated rings. The molecule has 0 bridgehead atoms. The number of halogens is 1. The molecule has 1 atom stereocenters. The van der Waals surface area contributed by atoms with Gasteiger partial charge in [-0.2, -0.15) is 0 Å². The van der Waals surface area contributed by atoms with Gasteiger partial charge in [-0.05, 0) is 26.0 Å². The molecule has 0 aliphatic heterocycles. The zero-order chi connectivity index (χ0) is 14.5. The number of rotatable bonds is 7. The van der Waals surface area contributed by atoms with Crippen molar-refractivity contribution in [1.82, 2.24) is 4.98 Å². The van der Waals surface area contributed by atoms with E-state index in [4.69, 9.17) is 9.05 Å². The Bertz CT molecular complexity index is 540. The Balaban J connectivity index is 3.16. The molecule has 108 valence electrons. The highest BCUT2D eigenvalue weighted by molar-refractivity contribution is 7.98. The molecule has 19 heavy (non-hydrogen) atoms. The van der Waals surface area contributed by atoms with Crippen molar-refractivity contribution >= 4 is 17.4 Å². The highest BCUT2D eigenvalue weighted by Gasteiger charge is 2.47. The van der Waals surface area contributed by atoms with Gasteiger partial charge in [-0.1, -0.05) is 6.07 Å². The molecule has 0 amide bonds. The molecule has 1 aromatic heterocycles. The highest BCUT2D eigenvalue weighted by atomic mass is 32.2. The Kier molecular flexibility index (Phi) is 5.61. The number of pyridine rings is 1. The van der Waals surface area contributed by atoms with Crippen LogP contribution in [-0.2, 0) is 23.4 Å². The molecular formula is C10H15FNO5PS. The van der Waals surface area contributed by atoms with E-state index in [1.807, 2.05) is 0 Å². The molecule has 0 N–H and O–H groups in total. The SMILES string of the molecule is CCOP(=O)(OCC)C(F)S(=O)(=O)c1ccccn1. The van der Waals surface area contributed by atoms with Crippen LogP contribution < -0.4 is 0 Å². The van der Waals surface area contributed by atoms with Gasteiger partial charge in [0.15, 0.2) is 5.03 Å². The van der Waals surface area contributed by atoms with Gasteiger partial charge in [-0.25, -0.2) is 17.8 Å². The number of alkyl halides is 1. The molecule has 1 heterocycles. The van der Waals surface area contributed by atoms with Crippen LogP contribution in [0.5, 0.6) is 0 Å². The van der Waals surface area contributed by atoms with Gasteiger partial charge in [0.25, 0.3) is 0 Å². The minimum Gasteiger partial charge on any atom is -0.306 e. The van der Waals surface area contributed by atoms with Crippen molar-refractivity contribution in [3.63, 3.8) is 0 Å². The fraction of sp³-hybridized carbons (Fsp3) is 0.500. The van der Waals surface area contributed by atoms with E-state index in [9.17, 15) is 17.4 Å². The molecule has 1 aromatic rings. The minimum absolute atomic E-state index is 0.130. The summed E-state index contributed by atoms with van der Waals surface area (Å²) in [5, 5.41) is -3.31. The molecule has 6 nitrogen and oxygen atoms in total. The van der Waals surface area contributed by atoms with Crippen molar-refractivity contribution < 1.29 is 26.4 Å². The molecule has 0 radical (unpaired) electrons. The van der Waals surface area contributed by atoms with E-state index in [2.05, 4.69) is 4.98 Å². The van der Waals surface area contributed by atoms with E-state index in [0.29, 0.717) is 0 Å². The topological polar surface area (TPSA) is 82.6 Å². The lowest BCUT2D eigenvalue weighted by atomic mass is 10.5. The van der Waals surface area contributed by atoms with Crippen LogP contribution in [0.2, 0.25) is 0 Å². The molecule has 1 unspecified atom stereocenters. The van der Waals surface area contributed by atoms with E-state index >= 15 is 0 Å². The van der Waals surface area contributed by atoms with Crippen LogP contribution in [0.25, 0.3) is 0 Å². The quantitative estimate of drug-likeness (QED) is 0.719. The Labute approximate surface area is 111 Å². The average Bonchev–Trinajstić information content (AvgIpc) is 2.39. The average molecular weight is 311 g/mol. The summed E-state index contributed by atoms with van der Waals surface area (Å²) in [4.78, 5) is 3.55. The van der Waals surface area contributed by atoms with Crippen molar-refractivity contribution in [1.29, 1.82) is 0 Å². The maximum Gasteiger partial charge on any atom is 0.380 e. The van der Waals surface area contributed by atoms with Crippen LogP contribution in [0.1, 0.15) is 13.8 Å². The first-order chi connectivity index (χ1) is 8.88.